The van der Waals surface area contributed by atoms with E-state index in [-0.39, 0.29) is 44.0 Å². The van der Waals surface area contributed by atoms with Crippen LogP contribution in [-0.4, -0.2) is 50.5 Å². The lowest BCUT2D eigenvalue weighted by molar-refractivity contribution is -0.130. The zero-order valence-electron chi connectivity index (χ0n) is 12.2. The van der Waals surface area contributed by atoms with Crippen LogP contribution in [0, 0.1) is 5.92 Å². The molecule has 8 nitrogen and oxygen atoms in total. The molecule has 2 heterocycles. The van der Waals surface area contributed by atoms with Gasteiger partial charge < -0.3 is 10.6 Å². The van der Waals surface area contributed by atoms with Gasteiger partial charge in [-0.3, -0.25) is 9.59 Å². The summed E-state index contributed by atoms with van der Waals surface area (Å²) in [4.78, 5) is 24.3. The van der Waals surface area contributed by atoms with Crippen molar-refractivity contribution >= 4 is 24.1 Å². The van der Waals surface area contributed by atoms with Crippen molar-refractivity contribution in [1.82, 2.24) is 30.8 Å². The van der Waals surface area contributed by atoms with Gasteiger partial charge in [0.2, 0.25) is 5.91 Å². The number of amides is 1. The van der Waals surface area contributed by atoms with Gasteiger partial charge in [0.05, 0.1) is 12.1 Å². The normalized spacial score (nSPS) is 19.1. The summed E-state index contributed by atoms with van der Waals surface area (Å²) in [7, 11) is 0. The van der Waals surface area contributed by atoms with Gasteiger partial charge in [0.15, 0.2) is 5.78 Å². The van der Waals surface area contributed by atoms with Crippen molar-refractivity contribution in [2.75, 3.05) is 6.54 Å². The summed E-state index contributed by atoms with van der Waals surface area (Å²) in [6.45, 7) is 4.73. The number of ketones is 1. The Labute approximate surface area is 130 Å². The molecule has 9 heteroatoms. The van der Waals surface area contributed by atoms with Gasteiger partial charge in [-0.2, -0.15) is 0 Å². The predicted octanol–water partition coefficient (Wildman–Crippen LogP) is -0.197. The maximum absolute atomic E-state index is 12.3. The second-order valence-electron chi connectivity index (χ2n) is 5.35. The first kappa shape index (κ1) is 17.5. The van der Waals surface area contributed by atoms with E-state index in [0.717, 1.165) is 19.4 Å². The van der Waals surface area contributed by atoms with Crippen molar-refractivity contribution in [3.8, 4) is 0 Å². The minimum absolute atomic E-state index is 0. The predicted molar refractivity (Wildman–Crippen MR) is 80.0 cm³/mol. The molecule has 0 aliphatic carbocycles. The summed E-state index contributed by atoms with van der Waals surface area (Å²) in [6, 6.07) is -0.703. The smallest absolute Gasteiger partial charge is 0.237 e. The highest BCUT2D eigenvalue weighted by atomic mass is 35.5. The second-order valence-corrected chi connectivity index (χ2v) is 5.35. The van der Waals surface area contributed by atoms with Gasteiger partial charge in [0.1, 0.15) is 12.9 Å². The van der Waals surface area contributed by atoms with Crippen LogP contribution in [0.15, 0.2) is 6.33 Å². The number of Topliss-reactive ketones (excluding diaryl/α,β-unsaturated/α-hetero) is 1. The first-order valence-corrected chi connectivity index (χ1v) is 6.85. The van der Waals surface area contributed by atoms with Gasteiger partial charge in [-0.25, -0.2) is 4.68 Å². The highest BCUT2D eigenvalue weighted by Gasteiger charge is 2.29. The Bertz CT molecular complexity index is 464. The lowest BCUT2D eigenvalue weighted by Crippen LogP contribution is -2.51. The minimum Gasteiger partial charge on any atom is -0.345 e. The zero-order valence-corrected chi connectivity index (χ0v) is 13.0. The van der Waals surface area contributed by atoms with Crippen LogP contribution in [-0.2, 0) is 16.1 Å². The number of halogens is 1. The molecule has 1 aliphatic heterocycles. The molecule has 120 valence electrons. The van der Waals surface area contributed by atoms with Gasteiger partial charge in [0, 0.05) is 1.43 Å². The summed E-state index contributed by atoms with van der Waals surface area (Å²) in [5.41, 5.74) is 0. The standard InChI is InChI=1S/C12H20N6O2.ClH.H2/c1-8(2)11(10(19)6-18-7-14-16-17-18)15-12(20)9-4-3-5-13-9;;/h7-9,11,13H,3-6H2,1-2H3,(H,15,20);2*1H/t9-,11?;;/m0../s1. The fourth-order valence-electron chi connectivity index (χ4n) is 2.29. The molecular formula is C12H23ClN6O2. The molecule has 1 aliphatic rings. The number of nitrogens with one attached hydrogen (secondary N) is 2. The molecule has 0 bridgehead atoms. The third-order valence-electron chi connectivity index (χ3n) is 3.40. The molecule has 1 amide bonds. The molecule has 0 aromatic carbocycles. The molecule has 1 unspecified atom stereocenters. The Morgan fingerprint density at radius 1 is 1.52 bits per heavy atom. The van der Waals surface area contributed by atoms with E-state index in [4.69, 9.17) is 0 Å². The summed E-state index contributed by atoms with van der Waals surface area (Å²) < 4.78 is 1.36. The number of hydrogen-bond acceptors (Lipinski definition) is 6. The molecule has 1 fully saturated rings. The Kier molecular flexibility index (Phi) is 6.70. The lowest BCUT2D eigenvalue weighted by Gasteiger charge is -2.23. The van der Waals surface area contributed by atoms with Gasteiger partial charge in [-0.1, -0.05) is 13.8 Å². The number of hydrogen-bond donors (Lipinski definition) is 2. The van der Waals surface area contributed by atoms with Crippen molar-refractivity contribution in [2.24, 2.45) is 5.92 Å². The Morgan fingerprint density at radius 2 is 2.29 bits per heavy atom. The van der Waals surface area contributed by atoms with Gasteiger partial charge in [-0.15, -0.1) is 17.5 Å². The number of nitrogens with zero attached hydrogens (tertiary/aromatic N) is 4. The van der Waals surface area contributed by atoms with Crippen molar-refractivity contribution in [1.29, 1.82) is 0 Å². The Morgan fingerprint density at radius 3 is 2.81 bits per heavy atom. The van der Waals surface area contributed by atoms with E-state index in [2.05, 4.69) is 26.2 Å². The van der Waals surface area contributed by atoms with Crippen LogP contribution < -0.4 is 10.6 Å². The van der Waals surface area contributed by atoms with Crippen LogP contribution in [0.2, 0.25) is 0 Å². The van der Waals surface area contributed by atoms with E-state index in [1.807, 2.05) is 13.8 Å². The van der Waals surface area contributed by atoms with E-state index in [0.29, 0.717) is 0 Å². The monoisotopic (exact) mass is 318 g/mol. The molecule has 1 aromatic rings. The first-order chi connectivity index (χ1) is 9.58. The molecule has 2 atom stereocenters. The van der Waals surface area contributed by atoms with E-state index in [1.54, 1.807) is 0 Å². The van der Waals surface area contributed by atoms with Crippen LogP contribution in [0.1, 0.15) is 28.1 Å². The number of tetrazole rings is 1. The van der Waals surface area contributed by atoms with Crippen molar-refractivity contribution in [2.45, 2.75) is 45.3 Å². The number of aromatic nitrogens is 4. The van der Waals surface area contributed by atoms with Crippen molar-refractivity contribution < 1.29 is 11.0 Å². The summed E-state index contributed by atoms with van der Waals surface area (Å²) >= 11 is 0. The summed E-state index contributed by atoms with van der Waals surface area (Å²) in [6.07, 6.45) is 3.19. The SMILES string of the molecule is CC(C)C(NC(=O)[C@@H]1CCCN1)C(=O)Cn1cnnn1.Cl.[HH]. The van der Waals surface area contributed by atoms with Crippen LogP contribution in [0.25, 0.3) is 0 Å². The van der Waals surface area contributed by atoms with Crippen molar-refractivity contribution in [3.63, 3.8) is 0 Å². The second kappa shape index (κ2) is 8.04. The highest BCUT2D eigenvalue weighted by Crippen LogP contribution is 2.09. The lowest BCUT2D eigenvalue weighted by atomic mass is 9.99. The molecule has 0 spiro atoms. The van der Waals surface area contributed by atoms with E-state index >= 15 is 0 Å². The molecule has 0 saturated carbocycles. The summed E-state index contributed by atoms with van der Waals surface area (Å²) in [5.74, 6) is -0.186. The quantitative estimate of drug-likeness (QED) is 0.753. The minimum atomic E-state index is -0.519. The van der Waals surface area contributed by atoms with Gasteiger partial charge in [0.25, 0.3) is 0 Å². The van der Waals surface area contributed by atoms with Crippen LogP contribution >= 0.6 is 12.4 Å². The molecule has 0 radical (unpaired) electrons. The average Bonchev–Trinajstić information content (AvgIpc) is 3.07. The van der Waals surface area contributed by atoms with E-state index < -0.39 is 6.04 Å². The molecule has 1 saturated heterocycles. The number of carbonyl (C=O) groups excluding carboxylic acids is 2. The van der Waals surface area contributed by atoms with Crippen LogP contribution in [0.3, 0.4) is 0 Å². The van der Waals surface area contributed by atoms with Crippen LogP contribution in [0.5, 0.6) is 0 Å². The maximum atomic E-state index is 12.3. The third kappa shape index (κ3) is 4.75. The van der Waals surface area contributed by atoms with Crippen LogP contribution in [0.4, 0.5) is 0 Å². The fraction of sp³-hybridized carbons (Fsp3) is 0.750. The first-order valence-electron chi connectivity index (χ1n) is 6.85. The summed E-state index contributed by atoms with van der Waals surface area (Å²) in [5, 5.41) is 16.6. The van der Waals surface area contributed by atoms with Gasteiger partial charge >= 0.3 is 0 Å². The molecule has 1 aromatic heterocycles. The number of rotatable bonds is 6. The van der Waals surface area contributed by atoms with Gasteiger partial charge in [-0.05, 0) is 35.7 Å². The maximum Gasteiger partial charge on any atom is 0.237 e. The third-order valence-corrected chi connectivity index (χ3v) is 3.40. The molecular weight excluding hydrogens is 296 g/mol. The molecule has 21 heavy (non-hydrogen) atoms. The fourth-order valence-corrected chi connectivity index (χ4v) is 2.29. The number of carbonyl (C=O) groups is 2. The highest BCUT2D eigenvalue weighted by molar-refractivity contribution is 5.91. The van der Waals surface area contributed by atoms with Crippen molar-refractivity contribution in [3.05, 3.63) is 6.33 Å². The Hall–Kier alpha value is -1.54. The topological polar surface area (TPSA) is 102 Å². The van der Waals surface area contributed by atoms with E-state index in [9.17, 15) is 9.59 Å². The Balaban J connectivity index is 0.00000220. The van der Waals surface area contributed by atoms with E-state index in [1.165, 1.54) is 11.0 Å². The average molecular weight is 319 g/mol. The zero-order chi connectivity index (χ0) is 14.5. The molecule has 2 N–H and O–H groups in total. The largest absolute Gasteiger partial charge is 0.345 e. The molecule has 2 rings (SSSR count).